The number of fused-ring (bicyclic) bond motifs is 1. The van der Waals surface area contributed by atoms with Crippen molar-refractivity contribution in [3.63, 3.8) is 0 Å². The van der Waals surface area contributed by atoms with Crippen LogP contribution in [0, 0.1) is 0 Å². The van der Waals surface area contributed by atoms with Gasteiger partial charge in [0, 0.05) is 5.39 Å². The van der Waals surface area contributed by atoms with E-state index in [2.05, 4.69) is 10.2 Å². The molecule has 2 heterocycles. The summed E-state index contributed by atoms with van der Waals surface area (Å²) in [6.45, 7) is 0. The van der Waals surface area contributed by atoms with Gasteiger partial charge in [-0.1, -0.05) is 0 Å². The molecule has 0 radical (unpaired) electrons. The summed E-state index contributed by atoms with van der Waals surface area (Å²) in [6, 6.07) is 1.79. The molecule has 0 aliphatic rings. The van der Waals surface area contributed by atoms with Gasteiger partial charge >= 0.3 is 0 Å². The molecule has 0 atom stereocenters. The third kappa shape index (κ3) is 0.813. The van der Waals surface area contributed by atoms with Gasteiger partial charge < -0.3 is 5.73 Å². The predicted octanol–water partition coefficient (Wildman–Crippen LogP) is 0.567. The van der Waals surface area contributed by atoms with E-state index in [1.165, 1.54) is 11.3 Å². The van der Waals surface area contributed by atoms with Crippen LogP contribution in [-0.2, 0) is 0 Å². The SMILES string of the molecule is Nc1n[nH]c(=O)c2sccc12. The summed E-state index contributed by atoms with van der Waals surface area (Å²) in [5.74, 6) is 0.376. The zero-order valence-corrected chi connectivity index (χ0v) is 6.31. The average molecular weight is 167 g/mol. The van der Waals surface area contributed by atoms with Crippen LogP contribution in [0.25, 0.3) is 10.1 Å². The van der Waals surface area contributed by atoms with Gasteiger partial charge in [0.2, 0.25) is 0 Å². The van der Waals surface area contributed by atoms with Crippen LogP contribution in [0.15, 0.2) is 16.2 Å². The highest BCUT2D eigenvalue weighted by Crippen LogP contribution is 2.19. The maximum absolute atomic E-state index is 11.0. The van der Waals surface area contributed by atoms with Crippen LogP contribution < -0.4 is 11.3 Å². The molecule has 0 spiro atoms. The number of nitrogen functional groups attached to an aromatic ring is 1. The number of nitrogens with two attached hydrogens (primary N) is 1. The minimum absolute atomic E-state index is 0.177. The molecule has 0 unspecified atom stereocenters. The van der Waals surface area contributed by atoms with E-state index in [4.69, 9.17) is 5.73 Å². The van der Waals surface area contributed by atoms with E-state index in [-0.39, 0.29) is 5.56 Å². The van der Waals surface area contributed by atoms with E-state index < -0.39 is 0 Å². The summed E-state index contributed by atoms with van der Waals surface area (Å²) in [7, 11) is 0. The van der Waals surface area contributed by atoms with Gasteiger partial charge in [0.25, 0.3) is 5.56 Å². The molecule has 11 heavy (non-hydrogen) atoms. The van der Waals surface area contributed by atoms with Crippen molar-refractivity contribution in [1.29, 1.82) is 0 Å². The molecule has 0 bridgehead atoms. The highest BCUT2D eigenvalue weighted by Gasteiger charge is 2.02. The van der Waals surface area contributed by atoms with E-state index in [9.17, 15) is 4.79 Å². The number of aromatic nitrogens is 2. The van der Waals surface area contributed by atoms with Crippen LogP contribution in [0.2, 0.25) is 0 Å². The molecule has 0 aliphatic carbocycles. The van der Waals surface area contributed by atoms with Crippen molar-refractivity contribution in [2.75, 3.05) is 5.73 Å². The lowest BCUT2D eigenvalue weighted by molar-refractivity contribution is 1.02. The Kier molecular flexibility index (Phi) is 1.19. The molecule has 0 saturated heterocycles. The Hall–Kier alpha value is -1.36. The van der Waals surface area contributed by atoms with Crippen LogP contribution in [0.3, 0.4) is 0 Å². The molecule has 2 aromatic rings. The third-order valence-corrected chi connectivity index (χ3v) is 2.34. The fourth-order valence-corrected chi connectivity index (χ4v) is 1.70. The lowest BCUT2D eigenvalue weighted by Gasteiger charge is -1.90. The first-order valence-electron chi connectivity index (χ1n) is 3.00. The average Bonchev–Trinajstić information content (AvgIpc) is 2.45. The van der Waals surface area contributed by atoms with Crippen molar-refractivity contribution in [2.45, 2.75) is 0 Å². The van der Waals surface area contributed by atoms with Gasteiger partial charge in [0.15, 0.2) is 5.82 Å². The molecule has 56 valence electrons. The highest BCUT2D eigenvalue weighted by atomic mass is 32.1. The first-order valence-corrected chi connectivity index (χ1v) is 3.88. The lowest BCUT2D eigenvalue weighted by atomic mass is 10.3. The zero-order chi connectivity index (χ0) is 7.84. The van der Waals surface area contributed by atoms with E-state index in [1.807, 2.05) is 5.38 Å². The van der Waals surface area contributed by atoms with Crippen molar-refractivity contribution < 1.29 is 0 Å². The monoisotopic (exact) mass is 167 g/mol. The Morgan fingerprint density at radius 2 is 2.45 bits per heavy atom. The smallest absolute Gasteiger partial charge is 0.282 e. The number of aromatic amines is 1. The lowest BCUT2D eigenvalue weighted by Crippen LogP contribution is -2.08. The first kappa shape index (κ1) is 6.36. The van der Waals surface area contributed by atoms with Crippen molar-refractivity contribution in [3.05, 3.63) is 21.8 Å². The van der Waals surface area contributed by atoms with Gasteiger partial charge in [-0.3, -0.25) is 4.79 Å². The molecule has 0 amide bonds. The fraction of sp³-hybridized carbons (Fsp3) is 0. The Balaban J connectivity index is 3.08. The van der Waals surface area contributed by atoms with Crippen molar-refractivity contribution >= 4 is 27.2 Å². The highest BCUT2D eigenvalue weighted by molar-refractivity contribution is 7.17. The molecule has 2 rings (SSSR count). The molecule has 3 N–H and O–H groups in total. The Morgan fingerprint density at radius 3 is 3.18 bits per heavy atom. The van der Waals surface area contributed by atoms with Gasteiger partial charge in [-0.2, -0.15) is 5.10 Å². The number of rotatable bonds is 0. The summed E-state index contributed by atoms with van der Waals surface area (Å²) < 4.78 is 0.637. The van der Waals surface area contributed by atoms with Crippen LogP contribution in [0.1, 0.15) is 0 Å². The van der Waals surface area contributed by atoms with Gasteiger partial charge in [-0.15, -0.1) is 11.3 Å². The van der Waals surface area contributed by atoms with Gasteiger partial charge in [-0.05, 0) is 11.4 Å². The second-order valence-corrected chi connectivity index (χ2v) is 3.02. The van der Waals surface area contributed by atoms with E-state index >= 15 is 0 Å². The second-order valence-electron chi connectivity index (χ2n) is 2.10. The fourth-order valence-electron chi connectivity index (χ4n) is 0.909. The van der Waals surface area contributed by atoms with Crippen molar-refractivity contribution in [1.82, 2.24) is 10.2 Å². The minimum Gasteiger partial charge on any atom is -0.382 e. The number of nitrogens with one attached hydrogen (secondary N) is 1. The maximum Gasteiger partial charge on any atom is 0.282 e. The first-order chi connectivity index (χ1) is 5.29. The van der Waals surface area contributed by atoms with Crippen LogP contribution in [0.4, 0.5) is 5.82 Å². The molecule has 0 aromatic carbocycles. The maximum atomic E-state index is 11.0. The van der Waals surface area contributed by atoms with Crippen LogP contribution >= 0.6 is 11.3 Å². The summed E-state index contributed by atoms with van der Waals surface area (Å²) in [4.78, 5) is 11.0. The van der Waals surface area contributed by atoms with Gasteiger partial charge in [-0.25, -0.2) is 5.10 Å². The van der Waals surface area contributed by atoms with Crippen LogP contribution in [-0.4, -0.2) is 10.2 Å². The molecule has 0 saturated carbocycles. The molecule has 2 aromatic heterocycles. The third-order valence-electron chi connectivity index (χ3n) is 1.43. The molecule has 0 aliphatic heterocycles. The molecular formula is C6H5N3OS. The van der Waals surface area contributed by atoms with E-state index in [0.29, 0.717) is 10.5 Å². The number of nitrogens with zero attached hydrogens (tertiary/aromatic N) is 1. The quantitative estimate of drug-likeness (QED) is 0.602. The topological polar surface area (TPSA) is 71.8 Å². The Morgan fingerprint density at radius 1 is 1.64 bits per heavy atom. The molecule has 5 heteroatoms. The van der Waals surface area contributed by atoms with Crippen molar-refractivity contribution in [2.24, 2.45) is 0 Å². The van der Waals surface area contributed by atoms with E-state index in [0.717, 1.165) is 5.39 Å². The summed E-state index contributed by atoms with van der Waals surface area (Å²) >= 11 is 1.36. The summed E-state index contributed by atoms with van der Waals surface area (Å²) in [5.41, 5.74) is 5.32. The Bertz CT molecular complexity index is 444. The summed E-state index contributed by atoms with van der Waals surface area (Å²) in [5, 5.41) is 8.49. The van der Waals surface area contributed by atoms with E-state index in [1.54, 1.807) is 6.07 Å². The number of H-pyrrole nitrogens is 1. The number of anilines is 1. The second kappa shape index (κ2) is 2.06. The number of hydrogen-bond donors (Lipinski definition) is 2. The molecular weight excluding hydrogens is 162 g/mol. The standard InChI is InChI=1S/C6H5N3OS/c7-5-3-1-2-11-4(3)6(10)9-8-5/h1-2H,(H2,7,8)(H,9,10). The number of hydrogen-bond acceptors (Lipinski definition) is 4. The molecule has 0 fully saturated rings. The Labute approximate surface area is 65.7 Å². The largest absolute Gasteiger partial charge is 0.382 e. The molecule has 4 nitrogen and oxygen atoms in total. The summed E-state index contributed by atoms with van der Waals surface area (Å²) in [6.07, 6.45) is 0. The minimum atomic E-state index is -0.177. The van der Waals surface area contributed by atoms with Gasteiger partial charge in [0.1, 0.15) is 4.70 Å². The van der Waals surface area contributed by atoms with Gasteiger partial charge in [0.05, 0.1) is 0 Å². The normalized spacial score (nSPS) is 10.5. The zero-order valence-electron chi connectivity index (χ0n) is 5.50. The predicted molar refractivity (Wildman–Crippen MR) is 44.7 cm³/mol. The van der Waals surface area contributed by atoms with Crippen molar-refractivity contribution in [3.8, 4) is 0 Å². The van der Waals surface area contributed by atoms with Crippen LogP contribution in [0.5, 0.6) is 0 Å². The number of thiophene rings is 1.